The lowest BCUT2D eigenvalue weighted by Crippen LogP contribution is -2.58. The molecular weight excluding hydrogens is 1030 g/mol. The zero-order chi connectivity index (χ0) is 54.0. The average molecular weight is 1090 g/mol. The molecule has 1 aromatic carbocycles. The number of amides is 5. The zero-order valence-corrected chi connectivity index (χ0v) is 45.0. The van der Waals surface area contributed by atoms with Crippen molar-refractivity contribution in [2.45, 2.75) is 109 Å². The van der Waals surface area contributed by atoms with E-state index in [1.807, 2.05) is 30.5 Å². The molecule has 1 aliphatic carbocycles. The van der Waals surface area contributed by atoms with Gasteiger partial charge in [0.1, 0.15) is 30.1 Å². The van der Waals surface area contributed by atoms with Crippen LogP contribution in [-0.4, -0.2) is 145 Å². The molecule has 5 amide bonds. The molecule has 0 bridgehead atoms. The number of piperazine rings is 1. The van der Waals surface area contributed by atoms with Crippen LogP contribution >= 0.6 is 19.2 Å². The number of aryl methyl sites for hydroxylation is 1. The molecule has 77 heavy (non-hydrogen) atoms. The minimum atomic E-state index is -5.01. The molecule has 4 aromatic heterocycles. The highest BCUT2D eigenvalue weighted by molar-refractivity contribution is 7.46. The van der Waals surface area contributed by atoms with Gasteiger partial charge in [0.2, 0.25) is 11.8 Å². The molecule has 3 unspecified atom stereocenters. The van der Waals surface area contributed by atoms with Gasteiger partial charge in [0.25, 0.3) is 23.6 Å². The van der Waals surface area contributed by atoms with Crippen molar-refractivity contribution in [2.24, 2.45) is 0 Å². The summed E-state index contributed by atoms with van der Waals surface area (Å²) in [5.41, 5.74) is 7.18. The highest BCUT2D eigenvalue weighted by Gasteiger charge is 2.48. The quantitative estimate of drug-likeness (QED) is 0.0753. The van der Waals surface area contributed by atoms with Gasteiger partial charge in [0, 0.05) is 91.4 Å². The lowest BCUT2D eigenvalue weighted by atomic mass is 9.91. The second-order valence-corrected chi connectivity index (χ2v) is 23.1. The SMILES string of the molecule is COc1ncc(-c2ccnc(N3CCc4c(sc5c4CCCC5)C3=O)c2C(C)O)cc1Nc1ccc(N2CCN(C3CCN(c4ccc5c(c4)C(=O)N(C4CCC(=O)N(COP(=O)(O)O)C4=O)C5=O)[C@@H](C)C3)C[C@@H]2C)cn1. The van der Waals surface area contributed by atoms with Crippen LogP contribution in [0.4, 0.5) is 28.7 Å². The number of thiophene rings is 1. The third kappa shape index (κ3) is 9.89. The summed E-state index contributed by atoms with van der Waals surface area (Å²) < 4.78 is 21.4. The summed E-state index contributed by atoms with van der Waals surface area (Å²) >= 11 is 1.62. The molecule has 23 heteroatoms. The maximum absolute atomic E-state index is 14.1. The van der Waals surface area contributed by atoms with Crippen LogP contribution in [0.15, 0.2) is 61.1 Å². The Kier molecular flexibility index (Phi) is 14.3. The minimum Gasteiger partial charge on any atom is -0.480 e. The first kappa shape index (κ1) is 52.4. The third-order valence-corrected chi connectivity index (χ3v) is 17.8. The third-order valence-electron chi connectivity index (χ3n) is 16.1. The maximum Gasteiger partial charge on any atom is 0.471 e. The number of benzene rings is 1. The largest absolute Gasteiger partial charge is 0.480 e. The van der Waals surface area contributed by atoms with Crippen molar-refractivity contribution in [1.82, 2.24) is 29.7 Å². The number of carbonyl (C=O) groups is 5. The number of nitrogens with zero attached hydrogens (tertiary/aromatic N) is 9. The number of imide groups is 2. The van der Waals surface area contributed by atoms with E-state index in [9.17, 15) is 33.6 Å². The normalized spacial score (nSPS) is 22.6. The van der Waals surface area contributed by atoms with Gasteiger partial charge in [0.05, 0.1) is 41.1 Å². The summed E-state index contributed by atoms with van der Waals surface area (Å²) in [7, 11) is -3.45. The first-order valence-electron chi connectivity index (χ1n) is 26.2. The van der Waals surface area contributed by atoms with Crippen LogP contribution < -0.4 is 24.8 Å². The van der Waals surface area contributed by atoms with E-state index in [4.69, 9.17) is 24.5 Å². The molecule has 5 aromatic rings. The summed E-state index contributed by atoms with van der Waals surface area (Å²) in [6.07, 6.45) is 10.8. The van der Waals surface area contributed by atoms with Crippen LogP contribution in [0.1, 0.15) is 117 Å². The van der Waals surface area contributed by atoms with Crippen LogP contribution in [0, 0.1) is 0 Å². The van der Waals surface area contributed by atoms with Gasteiger partial charge in [-0.25, -0.2) is 19.5 Å². The fraction of sp³-hybridized carbons (Fsp3) is 0.444. The number of aliphatic hydroxyl groups excluding tert-OH is 1. The molecule has 0 radical (unpaired) electrons. The number of methoxy groups -OCH3 is 1. The minimum absolute atomic E-state index is 0.0651. The molecule has 0 saturated carbocycles. The second-order valence-electron chi connectivity index (χ2n) is 20.7. The topological polar surface area (TPSA) is 252 Å². The Labute approximate surface area is 449 Å². The Bertz CT molecular complexity index is 3240. The molecule has 4 N–H and O–H groups in total. The molecule has 3 fully saturated rings. The van der Waals surface area contributed by atoms with Crippen LogP contribution in [0.3, 0.4) is 0 Å². The van der Waals surface area contributed by atoms with Gasteiger partial charge in [-0.15, -0.1) is 11.3 Å². The van der Waals surface area contributed by atoms with E-state index < -0.39 is 50.3 Å². The standard InChI is InChI=1S/C54H61N10O11PS/c1-30-23-34(16-19-60(30)35-9-11-40-41(25-35)52(68)64(51(40)67)43-12-14-46(66)63(53(43)69)29-75-76(71,72)73)59-21-22-61(31(2)28-59)36-10-13-45(56-27-36)58-42-24-33(26-57-50(42)74-4)37-15-18-55-49(47(37)32(3)65)62-20-17-39-38-7-5-6-8-44(38)77-48(39)54(62)70/h9-11,13,15,18,24-27,30-32,34,43,65H,5-8,12,14,16-17,19-23,28-29H2,1-4H3,(H,56,58)(H2,71,72,73)/t30-,31-,32?,34?,43?/m0/s1. The van der Waals surface area contributed by atoms with E-state index in [0.29, 0.717) is 63.9 Å². The van der Waals surface area contributed by atoms with E-state index in [1.165, 1.54) is 16.0 Å². The van der Waals surface area contributed by atoms with Gasteiger partial charge >= 0.3 is 7.82 Å². The van der Waals surface area contributed by atoms with E-state index >= 15 is 0 Å². The van der Waals surface area contributed by atoms with Gasteiger partial charge in [-0.3, -0.25) is 48.1 Å². The number of hydrogen-bond acceptors (Lipinski definition) is 17. The number of aromatic nitrogens is 3. The number of ether oxygens (including phenoxy) is 1. The number of anilines is 5. The number of rotatable bonds is 13. The van der Waals surface area contributed by atoms with Gasteiger partial charge in [-0.1, -0.05) is 0 Å². The number of phosphoric ester groups is 1. The van der Waals surface area contributed by atoms with Gasteiger partial charge in [-0.2, -0.15) is 0 Å². The van der Waals surface area contributed by atoms with Crippen molar-refractivity contribution in [3.8, 4) is 17.0 Å². The van der Waals surface area contributed by atoms with Crippen LogP contribution in [0.5, 0.6) is 5.88 Å². The lowest BCUT2D eigenvalue weighted by Gasteiger charge is -2.48. The summed E-state index contributed by atoms with van der Waals surface area (Å²) in [6.45, 7) is 8.76. The Morgan fingerprint density at radius 2 is 1.58 bits per heavy atom. The molecule has 5 atom stereocenters. The number of hydrogen-bond donors (Lipinski definition) is 4. The van der Waals surface area contributed by atoms with Gasteiger partial charge in [-0.05, 0) is 131 Å². The lowest BCUT2D eigenvalue weighted by molar-refractivity contribution is -0.155. The van der Waals surface area contributed by atoms with Crippen molar-refractivity contribution < 1.29 is 52.7 Å². The first-order valence-corrected chi connectivity index (χ1v) is 28.6. The van der Waals surface area contributed by atoms with Crippen molar-refractivity contribution in [1.29, 1.82) is 0 Å². The smallest absolute Gasteiger partial charge is 0.471 e. The van der Waals surface area contributed by atoms with Crippen molar-refractivity contribution >= 4 is 77.4 Å². The van der Waals surface area contributed by atoms with Gasteiger partial charge in [0.15, 0.2) is 0 Å². The molecule has 0 spiro atoms. The van der Waals surface area contributed by atoms with Gasteiger partial charge < -0.3 is 34.7 Å². The van der Waals surface area contributed by atoms with Crippen LogP contribution in [0.25, 0.3) is 11.1 Å². The van der Waals surface area contributed by atoms with E-state index in [0.717, 1.165) is 85.7 Å². The molecule has 9 heterocycles. The zero-order valence-electron chi connectivity index (χ0n) is 43.3. The number of pyridine rings is 3. The van der Waals surface area contributed by atoms with E-state index in [-0.39, 0.29) is 42.0 Å². The van der Waals surface area contributed by atoms with Crippen LogP contribution in [0.2, 0.25) is 0 Å². The number of phosphoric acid groups is 1. The molecular formula is C54H61N10O11PS. The Morgan fingerprint density at radius 3 is 2.32 bits per heavy atom. The van der Waals surface area contributed by atoms with E-state index in [2.05, 4.69) is 49.4 Å². The molecule has 404 valence electrons. The molecule has 5 aliphatic heterocycles. The first-order chi connectivity index (χ1) is 37.0. The summed E-state index contributed by atoms with van der Waals surface area (Å²) in [5.74, 6) is -1.66. The maximum atomic E-state index is 14.1. The molecule has 21 nitrogen and oxygen atoms in total. The average Bonchev–Trinajstić information content (AvgIpc) is 4.03. The highest BCUT2D eigenvalue weighted by Crippen LogP contribution is 2.43. The van der Waals surface area contributed by atoms with E-state index in [1.54, 1.807) is 54.8 Å². The second kappa shape index (κ2) is 21.0. The fourth-order valence-electron chi connectivity index (χ4n) is 12.3. The number of fused-ring (bicyclic) bond motifs is 4. The predicted octanol–water partition coefficient (Wildman–Crippen LogP) is 6.24. The Balaban J connectivity index is 0.718. The highest BCUT2D eigenvalue weighted by atomic mass is 32.1. The van der Waals surface area contributed by atoms with Crippen molar-refractivity contribution in [2.75, 3.05) is 66.6 Å². The summed E-state index contributed by atoms with van der Waals surface area (Å²) in [6, 6.07) is 12.1. The number of nitrogens with one attached hydrogen (secondary N) is 1. The Hall–Kier alpha value is -6.65. The number of piperidine rings is 2. The monoisotopic (exact) mass is 1090 g/mol. The molecule has 6 aliphatic rings. The number of carbonyl (C=O) groups excluding carboxylic acids is 5. The van der Waals surface area contributed by atoms with Crippen molar-refractivity contribution in [3.63, 3.8) is 0 Å². The van der Waals surface area contributed by atoms with Crippen molar-refractivity contribution in [3.05, 3.63) is 98.6 Å². The molecule has 11 rings (SSSR count). The Morgan fingerprint density at radius 1 is 0.805 bits per heavy atom. The summed E-state index contributed by atoms with van der Waals surface area (Å²) in [4.78, 5) is 112. The molecule has 3 saturated heterocycles. The predicted molar refractivity (Wildman–Crippen MR) is 287 cm³/mol. The van der Waals surface area contributed by atoms with Crippen LogP contribution in [-0.2, 0) is 37.9 Å². The summed E-state index contributed by atoms with van der Waals surface area (Å²) in [5, 5.41) is 14.7. The number of aliphatic hydroxyl groups is 1. The fourth-order valence-corrected chi connectivity index (χ4v) is 13.9. The number of likely N-dealkylation sites (tertiary alicyclic amines) is 1.